The Balaban J connectivity index is 1.96. The number of H-pyrrole nitrogens is 1. The van der Waals surface area contributed by atoms with E-state index in [9.17, 15) is 8.78 Å². The number of rotatable bonds is 4. The van der Waals surface area contributed by atoms with Gasteiger partial charge in [0.05, 0.1) is 6.04 Å². The first kappa shape index (κ1) is 11.7. The van der Waals surface area contributed by atoms with Crippen molar-refractivity contribution in [1.82, 2.24) is 15.3 Å². The molecule has 0 fully saturated rings. The van der Waals surface area contributed by atoms with E-state index in [4.69, 9.17) is 0 Å². The highest BCUT2D eigenvalue weighted by Gasteiger charge is 2.07. The van der Waals surface area contributed by atoms with Crippen molar-refractivity contribution in [3.05, 3.63) is 53.6 Å². The molecule has 0 saturated carbocycles. The molecule has 1 heterocycles. The van der Waals surface area contributed by atoms with Crippen molar-refractivity contribution in [3.8, 4) is 0 Å². The number of aromatic amines is 1. The average molecular weight is 237 g/mol. The number of hydrogen-bond donors (Lipinski definition) is 2. The van der Waals surface area contributed by atoms with E-state index in [1.807, 2.05) is 6.92 Å². The van der Waals surface area contributed by atoms with Crippen LogP contribution in [0.1, 0.15) is 24.4 Å². The van der Waals surface area contributed by atoms with Crippen LogP contribution < -0.4 is 5.32 Å². The van der Waals surface area contributed by atoms with Gasteiger partial charge in [-0.3, -0.25) is 0 Å². The Labute approximate surface area is 97.9 Å². The fourth-order valence-corrected chi connectivity index (χ4v) is 1.53. The standard InChI is InChI=1S/C12H13F2N3/c1-8(12-15-4-5-16-12)17-7-9-2-3-10(13)11(14)6-9/h2-6,8,17H,7H2,1H3,(H,15,16). The Morgan fingerprint density at radius 3 is 2.82 bits per heavy atom. The molecule has 2 aromatic rings. The molecule has 1 unspecified atom stereocenters. The molecule has 0 amide bonds. The molecule has 1 aromatic heterocycles. The zero-order chi connectivity index (χ0) is 12.3. The van der Waals surface area contributed by atoms with E-state index >= 15 is 0 Å². The summed E-state index contributed by atoms with van der Waals surface area (Å²) in [6.45, 7) is 2.40. The second-order valence-corrected chi connectivity index (χ2v) is 3.83. The van der Waals surface area contributed by atoms with Crippen LogP contribution in [0.25, 0.3) is 0 Å². The van der Waals surface area contributed by atoms with Crippen molar-refractivity contribution in [2.75, 3.05) is 0 Å². The van der Waals surface area contributed by atoms with Gasteiger partial charge in [-0.15, -0.1) is 0 Å². The lowest BCUT2D eigenvalue weighted by molar-refractivity contribution is 0.502. The largest absolute Gasteiger partial charge is 0.347 e. The molecule has 1 atom stereocenters. The Kier molecular flexibility index (Phi) is 3.49. The van der Waals surface area contributed by atoms with E-state index in [1.165, 1.54) is 6.07 Å². The van der Waals surface area contributed by atoms with Crippen molar-refractivity contribution < 1.29 is 8.78 Å². The van der Waals surface area contributed by atoms with Gasteiger partial charge >= 0.3 is 0 Å². The number of imidazole rings is 1. The van der Waals surface area contributed by atoms with Crippen molar-refractivity contribution in [2.45, 2.75) is 19.5 Å². The number of nitrogens with zero attached hydrogens (tertiary/aromatic N) is 1. The predicted octanol–water partition coefficient (Wildman–Crippen LogP) is 2.54. The summed E-state index contributed by atoms with van der Waals surface area (Å²) in [5, 5.41) is 3.17. The minimum absolute atomic E-state index is 0.0260. The van der Waals surface area contributed by atoms with E-state index < -0.39 is 11.6 Å². The predicted molar refractivity (Wildman–Crippen MR) is 60.2 cm³/mol. The lowest BCUT2D eigenvalue weighted by Crippen LogP contribution is -2.19. The second kappa shape index (κ2) is 5.05. The minimum atomic E-state index is -0.826. The number of benzene rings is 1. The summed E-state index contributed by atoms with van der Waals surface area (Å²) in [4.78, 5) is 7.09. The van der Waals surface area contributed by atoms with Gasteiger partial charge < -0.3 is 10.3 Å². The van der Waals surface area contributed by atoms with Gasteiger partial charge in [0.25, 0.3) is 0 Å². The Morgan fingerprint density at radius 1 is 1.35 bits per heavy atom. The minimum Gasteiger partial charge on any atom is -0.347 e. The lowest BCUT2D eigenvalue weighted by atomic mass is 10.2. The summed E-state index contributed by atoms with van der Waals surface area (Å²) < 4.78 is 25.7. The highest BCUT2D eigenvalue weighted by molar-refractivity contribution is 5.17. The highest BCUT2D eigenvalue weighted by atomic mass is 19.2. The molecular weight excluding hydrogens is 224 g/mol. The molecule has 0 aliphatic carbocycles. The van der Waals surface area contributed by atoms with Gasteiger partial charge in [0.2, 0.25) is 0 Å². The first-order valence-corrected chi connectivity index (χ1v) is 5.33. The molecule has 0 aliphatic heterocycles. The van der Waals surface area contributed by atoms with Gasteiger partial charge in [-0.2, -0.15) is 0 Å². The van der Waals surface area contributed by atoms with Crippen LogP contribution in [0.4, 0.5) is 8.78 Å². The fraction of sp³-hybridized carbons (Fsp3) is 0.250. The van der Waals surface area contributed by atoms with Crippen molar-refractivity contribution >= 4 is 0 Å². The number of hydrogen-bond acceptors (Lipinski definition) is 2. The Morgan fingerprint density at radius 2 is 2.18 bits per heavy atom. The van der Waals surface area contributed by atoms with Gasteiger partial charge in [0.15, 0.2) is 11.6 Å². The molecule has 2 rings (SSSR count). The first-order valence-electron chi connectivity index (χ1n) is 5.33. The molecular formula is C12H13F2N3. The van der Waals surface area contributed by atoms with Crippen molar-refractivity contribution in [3.63, 3.8) is 0 Å². The van der Waals surface area contributed by atoms with Crippen LogP contribution in [-0.2, 0) is 6.54 Å². The van der Waals surface area contributed by atoms with Crippen LogP contribution in [0.15, 0.2) is 30.6 Å². The van der Waals surface area contributed by atoms with Crippen molar-refractivity contribution in [1.29, 1.82) is 0 Å². The molecule has 2 N–H and O–H groups in total. The SMILES string of the molecule is CC(NCc1ccc(F)c(F)c1)c1ncc[nH]1. The molecule has 0 aliphatic rings. The normalized spacial score (nSPS) is 12.6. The zero-order valence-corrected chi connectivity index (χ0v) is 9.37. The van der Waals surface area contributed by atoms with Gasteiger partial charge in [-0.05, 0) is 24.6 Å². The van der Waals surface area contributed by atoms with E-state index in [2.05, 4.69) is 15.3 Å². The maximum atomic E-state index is 13.0. The van der Waals surface area contributed by atoms with Crippen LogP contribution in [0.2, 0.25) is 0 Å². The van der Waals surface area contributed by atoms with Gasteiger partial charge in [0, 0.05) is 18.9 Å². The zero-order valence-electron chi connectivity index (χ0n) is 9.37. The number of nitrogens with one attached hydrogen (secondary N) is 2. The third-order valence-electron chi connectivity index (χ3n) is 2.53. The molecule has 17 heavy (non-hydrogen) atoms. The summed E-state index contributed by atoms with van der Waals surface area (Å²) in [5.74, 6) is -0.838. The number of halogens is 2. The lowest BCUT2D eigenvalue weighted by Gasteiger charge is -2.11. The van der Waals surface area contributed by atoms with Gasteiger partial charge in [-0.25, -0.2) is 13.8 Å². The summed E-state index contributed by atoms with van der Waals surface area (Å²) in [6, 6.07) is 3.90. The third kappa shape index (κ3) is 2.88. The summed E-state index contributed by atoms with van der Waals surface area (Å²) in [7, 11) is 0. The highest BCUT2D eigenvalue weighted by Crippen LogP contribution is 2.11. The summed E-state index contributed by atoms with van der Waals surface area (Å²) in [6.07, 6.45) is 3.41. The topological polar surface area (TPSA) is 40.7 Å². The van der Waals surface area contributed by atoms with Crippen LogP contribution in [0.5, 0.6) is 0 Å². The third-order valence-corrected chi connectivity index (χ3v) is 2.53. The Hall–Kier alpha value is -1.75. The van der Waals surface area contributed by atoms with Gasteiger partial charge in [0.1, 0.15) is 5.82 Å². The molecule has 3 nitrogen and oxygen atoms in total. The van der Waals surface area contributed by atoms with Crippen molar-refractivity contribution in [2.24, 2.45) is 0 Å². The van der Waals surface area contributed by atoms with Gasteiger partial charge in [-0.1, -0.05) is 6.07 Å². The Bertz CT molecular complexity index is 483. The monoisotopic (exact) mass is 237 g/mol. The van der Waals surface area contributed by atoms with E-state index in [0.717, 1.165) is 11.9 Å². The average Bonchev–Trinajstić information content (AvgIpc) is 2.84. The molecule has 0 bridgehead atoms. The molecule has 1 aromatic carbocycles. The van der Waals surface area contributed by atoms with Crippen LogP contribution in [0, 0.1) is 11.6 Å². The van der Waals surface area contributed by atoms with E-state index in [-0.39, 0.29) is 6.04 Å². The van der Waals surface area contributed by atoms with Crippen LogP contribution in [0.3, 0.4) is 0 Å². The number of aromatic nitrogens is 2. The molecule has 0 saturated heterocycles. The summed E-state index contributed by atoms with van der Waals surface area (Å²) >= 11 is 0. The van der Waals surface area contributed by atoms with Crippen LogP contribution >= 0.6 is 0 Å². The van der Waals surface area contributed by atoms with E-state index in [1.54, 1.807) is 18.5 Å². The molecule has 5 heteroatoms. The maximum Gasteiger partial charge on any atom is 0.159 e. The van der Waals surface area contributed by atoms with Crippen LogP contribution in [-0.4, -0.2) is 9.97 Å². The molecule has 90 valence electrons. The maximum absolute atomic E-state index is 13.0. The fourth-order valence-electron chi connectivity index (χ4n) is 1.53. The first-order chi connectivity index (χ1) is 8.16. The smallest absolute Gasteiger partial charge is 0.159 e. The quantitative estimate of drug-likeness (QED) is 0.857. The second-order valence-electron chi connectivity index (χ2n) is 3.83. The summed E-state index contributed by atoms with van der Waals surface area (Å²) in [5.41, 5.74) is 0.697. The molecule has 0 radical (unpaired) electrons. The van der Waals surface area contributed by atoms with E-state index in [0.29, 0.717) is 12.1 Å². The molecule has 0 spiro atoms.